The van der Waals surface area contributed by atoms with Crippen LogP contribution in [0, 0.1) is 11.7 Å². The SMILES string of the molecule is O=C(N/N=C/c1ccc(F)cc1)C1CC1. The lowest BCUT2D eigenvalue weighted by Crippen LogP contribution is -2.18. The van der Waals surface area contributed by atoms with Crippen molar-refractivity contribution in [2.45, 2.75) is 12.8 Å². The summed E-state index contributed by atoms with van der Waals surface area (Å²) >= 11 is 0. The minimum atomic E-state index is -0.283. The van der Waals surface area contributed by atoms with Crippen LogP contribution in [-0.4, -0.2) is 12.1 Å². The van der Waals surface area contributed by atoms with E-state index in [-0.39, 0.29) is 17.6 Å². The third-order valence-electron chi connectivity index (χ3n) is 2.21. The summed E-state index contributed by atoms with van der Waals surface area (Å²) in [5.41, 5.74) is 3.20. The molecule has 0 atom stereocenters. The largest absolute Gasteiger partial charge is 0.273 e. The number of nitrogens with one attached hydrogen (secondary N) is 1. The van der Waals surface area contributed by atoms with E-state index >= 15 is 0 Å². The van der Waals surface area contributed by atoms with Crippen molar-refractivity contribution < 1.29 is 9.18 Å². The Hall–Kier alpha value is -1.71. The second kappa shape index (κ2) is 4.21. The third-order valence-corrected chi connectivity index (χ3v) is 2.21. The topological polar surface area (TPSA) is 41.5 Å². The normalized spacial score (nSPS) is 15.5. The van der Waals surface area contributed by atoms with Crippen LogP contribution in [-0.2, 0) is 4.79 Å². The first-order valence-electron chi connectivity index (χ1n) is 4.84. The van der Waals surface area contributed by atoms with Gasteiger partial charge in [0.15, 0.2) is 0 Å². The molecule has 1 aliphatic rings. The molecule has 1 N–H and O–H groups in total. The lowest BCUT2D eigenvalue weighted by Gasteiger charge is -1.95. The molecule has 0 heterocycles. The van der Waals surface area contributed by atoms with Crippen LogP contribution in [0.15, 0.2) is 29.4 Å². The molecule has 1 amide bonds. The number of hydrogen-bond acceptors (Lipinski definition) is 2. The van der Waals surface area contributed by atoms with Crippen LogP contribution in [0.3, 0.4) is 0 Å². The summed E-state index contributed by atoms with van der Waals surface area (Å²) in [6.07, 6.45) is 3.41. The Labute approximate surface area is 87.0 Å². The second-order valence-corrected chi connectivity index (χ2v) is 3.56. The summed E-state index contributed by atoms with van der Waals surface area (Å²) in [5, 5.41) is 3.79. The van der Waals surface area contributed by atoms with Gasteiger partial charge in [0.05, 0.1) is 6.21 Å². The van der Waals surface area contributed by atoms with Gasteiger partial charge in [-0.2, -0.15) is 5.10 Å². The molecular formula is C11H11FN2O. The molecule has 15 heavy (non-hydrogen) atoms. The van der Waals surface area contributed by atoms with E-state index in [4.69, 9.17) is 0 Å². The average Bonchev–Trinajstić information content (AvgIpc) is 3.04. The van der Waals surface area contributed by atoms with Crippen molar-refractivity contribution in [2.75, 3.05) is 0 Å². The Morgan fingerprint density at radius 1 is 1.40 bits per heavy atom. The van der Waals surface area contributed by atoms with Crippen molar-refractivity contribution in [2.24, 2.45) is 11.0 Å². The standard InChI is InChI=1S/C11H11FN2O/c12-10-5-1-8(2-6-10)7-13-14-11(15)9-3-4-9/h1-2,5-7,9H,3-4H2,(H,14,15)/b13-7+. The van der Waals surface area contributed by atoms with Gasteiger partial charge in [-0.05, 0) is 30.5 Å². The van der Waals surface area contributed by atoms with Crippen molar-refractivity contribution >= 4 is 12.1 Å². The molecule has 2 rings (SSSR count). The minimum Gasteiger partial charge on any atom is -0.273 e. The summed E-state index contributed by atoms with van der Waals surface area (Å²) in [5.74, 6) is -0.169. The van der Waals surface area contributed by atoms with E-state index < -0.39 is 0 Å². The number of amides is 1. The Morgan fingerprint density at radius 2 is 2.07 bits per heavy atom. The molecule has 1 saturated carbocycles. The number of carbonyl (C=O) groups excluding carboxylic acids is 1. The maximum Gasteiger partial charge on any atom is 0.243 e. The summed E-state index contributed by atoms with van der Waals surface area (Å²) in [6.45, 7) is 0. The molecular weight excluding hydrogens is 195 g/mol. The second-order valence-electron chi connectivity index (χ2n) is 3.56. The molecule has 1 aromatic carbocycles. The van der Waals surface area contributed by atoms with Crippen LogP contribution in [0.5, 0.6) is 0 Å². The number of benzene rings is 1. The van der Waals surface area contributed by atoms with Gasteiger partial charge in [0.2, 0.25) is 5.91 Å². The van der Waals surface area contributed by atoms with E-state index in [1.54, 1.807) is 12.1 Å². The molecule has 0 unspecified atom stereocenters. The van der Waals surface area contributed by atoms with Crippen molar-refractivity contribution in [3.8, 4) is 0 Å². The smallest absolute Gasteiger partial charge is 0.243 e. The van der Waals surface area contributed by atoms with E-state index in [2.05, 4.69) is 10.5 Å². The average molecular weight is 206 g/mol. The van der Waals surface area contributed by atoms with Gasteiger partial charge in [0.25, 0.3) is 0 Å². The van der Waals surface area contributed by atoms with E-state index in [0.29, 0.717) is 0 Å². The molecule has 0 aromatic heterocycles. The van der Waals surface area contributed by atoms with Crippen molar-refractivity contribution in [3.63, 3.8) is 0 Å². The van der Waals surface area contributed by atoms with Crippen molar-refractivity contribution in [1.29, 1.82) is 0 Å². The van der Waals surface area contributed by atoms with Crippen LogP contribution in [0.2, 0.25) is 0 Å². The molecule has 3 nitrogen and oxygen atoms in total. The van der Waals surface area contributed by atoms with Gasteiger partial charge >= 0.3 is 0 Å². The third kappa shape index (κ3) is 2.87. The number of hydrogen-bond donors (Lipinski definition) is 1. The highest BCUT2D eigenvalue weighted by atomic mass is 19.1. The first kappa shape index (κ1) is 9.83. The Kier molecular flexibility index (Phi) is 2.76. The van der Waals surface area contributed by atoms with E-state index in [0.717, 1.165) is 18.4 Å². The number of halogens is 1. The maximum atomic E-state index is 12.5. The zero-order valence-electron chi connectivity index (χ0n) is 8.11. The van der Waals surface area contributed by atoms with Gasteiger partial charge in [0, 0.05) is 5.92 Å². The molecule has 1 aliphatic carbocycles. The predicted octanol–water partition coefficient (Wildman–Crippen LogP) is 1.69. The zero-order valence-corrected chi connectivity index (χ0v) is 8.11. The van der Waals surface area contributed by atoms with Gasteiger partial charge in [-0.3, -0.25) is 4.79 Å². The van der Waals surface area contributed by atoms with Crippen LogP contribution < -0.4 is 5.43 Å². The highest BCUT2D eigenvalue weighted by Gasteiger charge is 2.29. The zero-order chi connectivity index (χ0) is 10.7. The summed E-state index contributed by atoms with van der Waals surface area (Å²) in [6, 6.07) is 5.90. The highest BCUT2D eigenvalue weighted by molar-refractivity contribution is 5.84. The maximum absolute atomic E-state index is 12.5. The summed E-state index contributed by atoms with van der Waals surface area (Å²) < 4.78 is 12.5. The molecule has 0 bridgehead atoms. The molecule has 1 fully saturated rings. The Bertz CT molecular complexity index is 382. The predicted molar refractivity (Wildman–Crippen MR) is 54.9 cm³/mol. The quantitative estimate of drug-likeness (QED) is 0.593. The molecule has 4 heteroatoms. The first-order valence-corrected chi connectivity index (χ1v) is 4.84. The monoisotopic (exact) mass is 206 g/mol. The van der Waals surface area contributed by atoms with Crippen molar-refractivity contribution in [1.82, 2.24) is 5.43 Å². The van der Waals surface area contributed by atoms with Crippen LogP contribution in [0.4, 0.5) is 4.39 Å². The molecule has 0 spiro atoms. The van der Waals surface area contributed by atoms with Gasteiger partial charge < -0.3 is 0 Å². The van der Waals surface area contributed by atoms with E-state index in [9.17, 15) is 9.18 Å². The Balaban J connectivity index is 1.87. The Morgan fingerprint density at radius 3 is 2.67 bits per heavy atom. The van der Waals surface area contributed by atoms with Gasteiger partial charge in [-0.15, -0.1) is 0 Å². The number of hydrazone groups is 1. The van der Waals surface area contributed by atoms with Gasteiger partial charge in [-0.1, -0.05) is 12.1 Å². The minimum absolute atomic E-state index is 0.0339. The first-order chi connectivity index (χ1) is 7.25. The van der Waals surface area contributed by atoms with Crippen molar-refractivity contribution in [3.05, 3.63) is 35.6 Å². The van der Waals surface area contributed by atoms with Crippen LogP contribution >= 0.6 is 0 Å². The molecule has 78 valence electrons. The van der Waals surface area contributed by atoms with Gasteiger partial charge in [0.1, 0.15) is 5.82 Å². The van der Waals surface area contributed by atoms with E-state index in [1.165, 1.54) is 18.3 Å². The number of nitrogens with zero attached hydrogens (tertiary/aromatic N) is 1. The van der Waals surface area contributed by atoms with Crippen LogP contribution in [0.25, 0.3) is 0 Å². The summed E-state index contributed by atoms with van der Waals surface area (Å²) in [7, 11) is 0. The molecule has 0 saturated heterocycles. The molecule has 0 aliphatic heterocycles. The molecule has 1 aromatic rings. The van der Waals surface area contributed by atoms with E-state index in [1.807, 2.05) is 0 Å². The highest BCUT2D eigenvalue weighted by Crippen LogP contribution is 2.28. The van der Waals surface area contributed by atoms with Gasteiger partial charge in [-0.25, -0.2) is 9.82 Å². The summed E-state index contributed by atoms with van der Waals surface area (Å²) in [4.78, 5) is 11.2. The van der Waals surface area contributed by atoms with Crippen LogP contribution in [0.1, 0.15) is 18.4 Å². The number of carbonyl (C=O) groups is 1. The lowest BCUT2D eigenvalue weighted by atomic mass is 10.2. The fourth-order valence-electron chi connectivity index (χ4n) is 1.16. The lowest BCUT2D eigenvalue weighted by molar-refractivity contribution is -0.122. The fraction of sp³-hybridized carbons (Fsp3) is 0.273. The molecule has 0 radical (unpaired) electrons. The number of rotatable bonds is 3. The fourth-order valence-corrected chi connectivity index (χ4v) is 1.16.